The van der Waals surface area contributed by atoms with Crippen LogP contribution in [0, 0.1) is 0 Å². The minimum atomic E-state index is -0.679. The SMILES string of the molecule is CN1CCCC(O)(CCNC(=O)OC(C)(C)C)C1. The zero-order chi connectivity index (χ0) is 13.8. The molecule has 0 saturated carbocycles. The van der Waals surface area contributed by atoms with E-state index in [-0.39, 0.29) is 0 Å². The zero-order valence-corrected chi connectivity index (χ0v) is 12.0. The van der Waals surface area contributed by atoms with Crippen molar-refractivity contribution in [3.63, 3.8) is 0 Å². The van der Waals surface area contributed by atoms with Gasteiger partial charge >= 0.3 is 6.09 Å². The van der Waals surface area contributed by atoms with Crippen molar-refractivity contribution in [1.29, 1.82) is 0 Å². The summed E-state index contributed by atoms with van der Waals surface area (Å²) < 4.78 is 5.14. The molecule has 18 heavy (non-hydrogen) atoms. The van der Waals surface area contributed by atoms with E-state index in [0.717, 1.165) is 19.4 Å². The van der Waals surface area contributed by atoms with Gasteiger partial charge in [0.2, 0.25) is 0 Å². The highest BCUT2D eigenvalue weighted by atomic mass is 16.6. The summed E-state index contributed by atoms with van der Waals surface area (Å²) in [6.45, 7) is 7.63. The number of hydrogen-bond donors (Lipinski definition) is 2. The molecule has 0 radical (unpaired) electrons. The van der Waals surface area contributed by atoms with E-state index in [4.69, 9.17) is 4.74 Å². The van der Waals surface area contributed by atoms with E-state index < -0.39 is 17.3 Å². The Balaban J connectivity index is 2.26. The topological polar surface area (TPSA) is 61.8 Å². The van der Waals surface area contributed by atoms with E-state index >= 15 is 0 Å². The molecule has 0 aromatic heterocycles. The summed E-state index contributed by atoms with van der Waals surface area (Å²) in [5.74, 6) is 0. The summed E-state index contributed by atoms with van der Waals surface area (Å²) >= 11 is 0. The van der Waals surface area contributed by atoms with Gasteiger partial charge in [-0.05, 0) is 53.6 Å². The molecule has 106 valence electrons. The van der Waals surface area contributed by atoms with Crippen LogP contribution in [0.2, 0.25) is 0 Å². The number of β-amino-alcohol motifs (C(OH)–C–C–N with tert-alkyl or cyclic N) is 1. The van der Waals surface area contributed by atoms with Crippen LogP contribution in [0.5, 0.6) is 0 Å². The Morgan fingerprint density at radius 1 is 1.50 bits per heavy atom. The molecule has 1 rings (SSSR count). The smallest absolute Gasteiger partial charge is 0.407 e. The summed E-state index contributed by atoms with van der Waals surface area (Å²) in [6, 6.07) is 0. The number of alkyl carbamates (subject to hydrolysis) is 1. The molecule has 0 aliphatic carbocycles. The highest BCUT2D eigenvalue weighted by molar-refractivity contribution is 5.67. The van der Waals surface area contributed by atoms with Crippen LogP contribution in [0.4, 0.5) is 4.79 Å². The largest absolute Gasteiger partial charge is 0.444 e. The summed E-state index contributed by atoms with van der Waals surface area (Å²) in [5, 5.41) is 13.0. The first-order valence-electron chi connectivity index (χ1n) is 6.58. The molecule has 1 saturated heterocycles. The molecule has 1 aliphatic rings. The number of carbonyl (C=O) groups excluding carboxylic acids is 1. The second-order valence-corrected chi connectivity index (χ2v) is 6.24. The Bertz CT molecular complexity index is 288. The highest BCUT2D eigenvalue weighted by Crippen LogP contribution is 2.23. The predicted octanol–water partition coefficient (Wildman–Crippen LogP) is 1.36. The molecule has 2 N–H and O–H groups in total. The first-order valence-corrected chi connectivity index (χ1v) is 6.58. The quantitative estimate of drug-likeness (QED) is 0.802. The van der Waals surface area contributed by atoms with Crippen molar-refractivity contribution in [3.8, 4) is 0 Å². The van der Waals surface area contributed by atoms with Crippen molar-refractivity contribution in [2.45, 2.75) is 51.2 Å². The number of nitrogens with zero attached hydrogens (tertiary/aromatic N) is 1. The Morgan fingerprint density at radius 3 is 2.72 bits per heavy atom. The van der Waals surface area contributed by atoms with E-state index in [2.05, 4.69) is 10.2 Å². The zero-order valence-electron chi connectivity index (χ0n) is 12.0. The minimum Gasteiger partial charge on any atom is -0.444 e. The fourth-order valence-corrected chi connectivity index (χ4v) is 2.25. The first kappa shape index (κ1) is 15.2. The highest BCUT2D eigenvalue weighted by Gasteiger charge is 2.31. The molecule has 0 spiro atoms. The van der Waals surface area contributed by atoms with Gasteiger partial charge in [0.05, 0.1) is 5.60 Å². The van der Waals surface area contributed by atoms with Crippen LogP contribution in [-0.2, 0) is 4.74 Å². The van der Waals surface area contributed by atoms with Crippen LogP contribution in [0.25, 0.3) is 0 Å². The predicted molar refractivity (Wildman–Crippen MR) is 70.5 cm³/mol. The molecule has 1 aliphatic heterocycles. The number of rotatable bonds is 3. The van der Waals surface area contributed by atoms with Gasteiger partial charge in [0.25, 0.3) is 0 Å². The molecule has 1 atom stereocenters. The molecule has 0 aromatic carbocycles. The number of aliphatic hydroxyl groups is 1. The number of likely N-dealkylation sites (N-methyl/N-ethyl adjacent to an activating group) is 1. The monoisotopic (exact) mass is 258 g/mol. The molecule has 0 bridgehead atoms. The lowest BCUT2D eigenvalue weighted by atomic mass is 9.90. The van der Waals surface area contributed by atoms with Gasteiger partial charge in [0.1, 0.15) is 5.60 Å². The van der Waals surface area contributed by atoms with E-state index in [9.17, 15) is 9.90 Å². The number of carbonyl (C=O) groups is 1. The molecule has 5 heteroatoms. The summed E-state index contributed by atoms with van der Waals surface area (Å²) in [6.07, 6.45) is 1.94. The first-order chi connectivity index (χ1) is 8.20. The molecular formula is C13H26N2O3. The third kappa shape index (κ3) is 5.69. The summed E-state index contributed by atoms with van der Waals surface area (Å²) in [4.78, 5) is 13.6. The Kier molecular flexibility index (Phi) is 4.99. The normalized spacial score (nSPS) is 25.8. The van der Waals surface area contributed by atoms with Crippen molar-refractivity contribution in [1.82, 2.24) is 10.2 Å². The number of likely N-dealkylation sites (tertiary alicyclic amines) is 1. The van der Waals surface area contributed by atoms with E-state index in [1.165, 1.54) is 0 Å². The van der Waals surface area contributed by atoms with Crippen LogP contribution < -0.4 is 5.32 Å². The number of amides is 1. The van der Waals surface area contributed by atoms with Crippen molar-refractivity contribution in [3.05, 3.63) is 0 Å². The van der Waals surface area contributed by atoms with Crippen LogP contribution in [0.3, 0.4) is 0 Å². The fourth-order valence-electron chi connectivity index (χ4n) is 2.25. The maximum atomic E-state index is 11.4. The van der Waals surface area contributed by atoms with Crippen LogP contribution in [-0.4, -0.2) is 54.0 Å². The van der Waals surface area contributed by atoms with Crippen molar-refractivity contribution in [2.75, 3.05) is 26.7 Å². The molecule has 1 fully saturated rings. The number of ether oxygens (including phenoxy) is 1. The van der Waals surface area contributed by atoms with Gasteiger partial charge < -0.3 is 20.1 Å². The van der Waals surface area contributed by atoms with Crippen LogP contribution >= 0.6 is 0 Å². The van der Waals surface area contributed by atoms with Gasteiger partial charge in [-0.2, -0.15) is 0 Å². The van der Waals surface area contributed by atoms with Crippen molar-refractivity contribution in [2.24, 2.45) is 0 Å². The van der Waals surface area contributed by atoms with Gasteiger partial charge in [-0.1, -0.05) is 0 Å². The van der Waals surface area contributed by atoms with Gasteiger partial charge in [-0.3, -0.25) is 0 Å². The van der Waals surface area contributed by atoms with Crippen molar-refractivity contribution < 1.29 is 14.6 Å². The summed E-state index contributed by atoms with van der Waals surface area (Å²) in [5.41, 5.74) is -1.16. The molecule has 5 nitrogen and oxygen atoms in total. The Hall–Kier alpha value is -0.810. The molecule has 1 unspecified atom stereocenters. The van der Waals surface area contributed by atoms with Crippen molar-refractivity contribution >= 4 is 6.09 Å². The lowest BCUT2D eigenvalue weighted by Crippen LogP contribution is -2.48. The maximum Gasteiger partial charge on any atom is 0.407 e. The number of piperidine rings is 1. The van der Waals surface area contributed by atoms with Gasteiger partial charge in [-0.15, -0.1) is 0 Å². The Morgan fingerprint density at radius 2 is 2.17 bits per heavy atom. The Labute approximate surface area is 109 Å². The lowest BCUT2D eigenvalue weighted by molar-refractivity contribution is -0.0292. The molecular weight excluding hydrogens is 232 g/mol. The number of nitrogens with one attached hydrogen (secondary N) is 1. The van der Waals surface area contributed by atoms with Crippen LogP contribution in [0.15, 0.2) is 0 Å². The average Bonchev–Trinajstić information content (AvgIpc) is 2.13. The van der Waals surface area contributed by atoms with Crippen LogP contribution in [0.1, 0.15) is 40.0 Å². The fraction of sp³-hybridized carbons (Fsp3) is 0.923. The second-order valence-electron chi connectivity index (χ2n) is 6.24. The third-order valence-electron chi connectivity index (χ3n) is 3.00. The van der Waals surface area contributed by atoms with Gasteiger partial charge in [0, 0.05) is 13.1 Å². The van der Waals surface area contributed by atoms with Gasteiger partial charge in [-0.25, -0.2) is 4.79 Å². The second kappa shape index (κ2) is 5.89. The minimum absolute atomic E-state index is 0.421. The molecule has 0 aromatic rings. The van der Waals surface area contributed by atoms with E-state index in [1.807, 2.05) is 27.8 Å². The lowest BCUT2D eigenvalue weighted by Gasteiger charge is -2.37. The number of hydrogen-bond acceptors (Lipinski definition) is 4. The standard InChI is InChI=1S/C13H26N2O3/c1-12(2,3)18-11(16)14-8-7-13(17)6-5-9-15(4)10-13/h17H,5-10H2,1-4H3,(H,14,16). The van der Waals surface area contributed by atoms with Gasteiger partial charge in [0.15, 0.2) is 0 Å². The van der Waals surface area contributed by atoms with E-state index in [0.29, 0.717) is 19.5 Å². The molecule has 1 amide bonds. The average molecular weight is 258 g/mol. The maximum absolute atomic E-state index is 11.4. The molecule has 1 heterocycles. The van der Waals surface area contributed by atoms with E-state index in [1.54, 1.807) is 0 Å². The summed E-state index contributed by atoms with van der Waals surface area (Å²) in [7, 11) is 2.01. The third-order valence-corrected chi connectivity index (χ3v) is 3.00.